The van der Waals surface area contributed by atoms with Crippen molar-refractivity contribution in [2.24, 2.45) is 5.92 Å². The van der Waals surface area contributed by atoms with E-state index in [9.17, 15) is 4.79 Å². The lowest BCUT2D eigenvalue weighted by Gasteiger charge is -2.27. The van der Waals surface area contributed by atoms with E-state index in [0.29, 0.717) is 12.6 Å². The second kappa shape index (κ2) is 5.81. The number of aliphatic carboxylic acids is 1. The highest BCUT2D eigenvalue weighted by Gasteiger charge is 2.17. The Kier molecular flexibility index (Phi) is 4.66. The highest BCUT2D eigenvalue weighted by atomic mass is 16.4. The Balaban J connectivity index is 2.14. The number of rotatable bonds is 4. The minimum Gasteiger partial charge on any atom is -0.478 e. The fourth-order valence-electron chi connectivity index (χ4n) is 2.01. The van der Waals surface area contributed by atoms with Gasteiger partial charge in [0, 0.05) is 18.7 Å². The molecule has 3 heteroatoms. The van der Waals surface area contributed by atoms with E-state index in [1.807, 2.05) is 0 Å². The molecule has 1 saturated carbocycles. The van der Waals surface area contributed by atoms with E-state index in [1.165, 1.54) is 31.8 Å². The summed E-state index contributed by atoms with van der Waals surface area (Å²) in [5.74, 6) is -0.0616. The van der Waals surface area contributed by atoms with Gasteiger partial charge in [0.1, 0.15) is 0 Å². The normalized spacial score (nSPS) is 28.1. The second-order valence-electron chi connectivity index (χ2n) is 4.12. The van der Waals surface area contributed by atoms with Crippen LogP contribution in [0.25, 0.3) is 0 Å². The van der Waals surface area contributed by atoms with Gasteiger partial charge in [0.15, 0.2) is 0 Å². The Hall–Kier alpha value is -0.830. The van der Waals surface area contributed by atoms with Crippen molar-refractivity contribution in [2.75, 3.05) is 6.54 Å². The fourth-order valence-corrected chi connectivity index (χ4v) is 2.01. The minimum absolute atomic E-state index is 0.581. The molecule has 2 unspecified atom stereocenters. The van der Waals surface area contributed by atoms with Gasteiger partial charge in [-0.25, -0.2) is 4.79 Å². The molecule has 2 N–H and O–H groups in total. The van der Waals surface area contributed by atoms with Gasteiger partial charge in [0.2, 0.25) is 0 Å². The molecule has 1 fully saturated rings. The van der Waals surface area contributed by atoms with Crippen LogP contribution in [-0.4, -0.2) is 23.7 Å². The standard InChI is InChI=1S/C11H19NO2/c1-9-4-2-5-10(8-9)12-7-3-6-11(13)14/h3,6,9-10,12H,2,4-5,7-8H2,1H3,(H,13,14)/b6-3+. The molecule has 3 nitrogen and oxygen atoms in total. The number of hydrogen-bond acceptors (Lipinski definition) is 2. The monoisotopic (exact) mass is 197 g/mol. The molecule has 0 aromatic carbocycles. The third kappa shape index (κ3) is 4.42. The first-order valence-corrected chi connectivity index (χ1v) is 5.31. The maximum absolute atomic E-state index is 10.2. The van der Waals surface area contributed by atoms with Crippen LogP contribution in [0.4, 0.5) is 0 Å². The highest BCUT2D eigenvalue weighted by Crippen LogP contribution is 2.23. The first-order chi connectivity index (χ1) is 6.68. The van der Waals surface area contributed by atoms with Crippen LogP contribution in [0.2, 0.25) is 0 Å². The smallest absolute Gasteiger partial charge is 0.328 e. The Morgan fingerprint density at radius 2 is 2.36 bits per heavy atom. The third-order valence-corrected chi connectivity index (χ3v) is 2.72. The predicted molar refractivity (Wildman–Crippen MR) is 56.2 cm³/mol. The molecule has 0 aliphatic heterocycles. The molecule has 1 aliphatic rings. The van der Waals surface area contributed by atoms with Crippen LogP contribution in [0.1, 0.15) is 32.6 Å². The van der Waals surface area contributed by atoms with Crippen LogP contribution in [0.5, 0.6) is 0 Å². The molecule has 0 bridgehead atoms. The van der Waals surface area contributed by atoms with Crippen LogP contribution in [0, 0.1) is 5.92 Å². The molecule has 14 heavy (non-hydrogen) atoms. The van der Waals surface area contributed by atoms with Gasteiger partial charge >= 0.3 is 5.97 Å². The number of carboxylic acids is 1. The molecule has 0 saturated heterocycles. The summed E-state index contributed by atoms with van der Waals surface area (Å²) in [6, 6.07) is 0.581. The summed E-state index contributed by atoms with van der Waals surface area (Å²) < 4.78 is 0. The zero-order valence-electron chi connectivity index (χ0n) is 8.70. The molecular weight excluding hydrogens is 178 g/mol. The van der Waals surface area contributed by atoms with Crippen LogP contribution >= 0.6 is 0 Å². The Bertz CT molecular complexity index is 213. The quantitative estimate of drug-likeness (QED) is 0.676. The lowest BCUT2D eigenvalue weighted by atomic mass is 9.87. The largest absolute Gasteiger partial charge is 0.478 e. The van der Waals surface area contributed by atoms with E-state index < -0.39 is 5.97 Å². The molecular formula is C11H19NO2. The molecule has 1 aliphatic carbocycles. The molecule has 0 amide bonds. The van der Waals surface area contributed by atoms with Crippen molar-refractivity contribution in [3.8, 4) is 0 Å². The number of carboxylic acid groups (broad SMARTS) is 1. The van der Waals surface area contributed by atoms with Crippen molar-refractivity contribution in [2.45, 2.75) is 38.6 Å². The Morgan fingerprint density at radius 3 is 3.00 bits per heavy atom. The predicted octanol–water partition coefficient (Wildman–Crippen LogP) is 1.80. The summed E-state index contributed by atoms with van der Waals surface area (Å²) in [7, 11) is 0. The summed E-state index contributed by atoms with van der Waals surface area (Å²) in [6.07, 6.45) is 7.94. The lowest BCUT2D eigenvalue weighted by molar-refractivity contribution is -0.131. The summed E-state index contributed by atoms with van der Waals surface area (Å²) in [5, 5.41) is 11.7. The number of carbonyl (C=O) groups is 1. The molecule has 2 atom stereocenters. The van der Waals surface area contributed by atoms with Crippen molar-refractivity contribution in [3.05, 3.63) is 12.2 Å². The van der Waals surface area contributed by atoms with Gasteiger partial charge in [-0.15, -0.1) is 0 Å². The number of hydrogen-bond donors (Lipinski definition) is 2. The Morgan fingerprint density at radius 1 is 1.57 bits per heavy atom. The number of nitrogens with one attached hydrogen (secondary N) is 1. The van der Waals surface area contributed by atoms with Gasteiger partial charge in [-0.05, 0) is 18.8 Å². The van der Waals surface area contributed by atoms with Gasteiger partial charge in [-0.3, -0.25) is 0 Å². The van der Waals surface area contributed by atoms with E-state index in [1.54, 1.807) is 6.08 Å². The van der Waals surface area contributed by atoms with Crippen molar-refractivity contribution < 1.29 is 9.90 Å². The summed E-state index contributed by atoms with van der Waals surface area (Å²) >= 11 is 0. The van der Waals surface area contributed by atoms with Gasteiger partial charge in [-0.2, -0.15) is 0 Å². The van der Waals surface area contributed by atoms with Crippen LogP contribution in [-0.2, 0) is 4.79 Å². The van der Waals surface area contributed by atoms with E-state index in [0.717, 1.165) is 5.92 Å². The minimum atomic E-state index is -0.871. The maximum atomic E-state index is 10.2. The molecule has 0 aromatic heterocycles. The van der Waals surface area contributed by atoms with Crippen molar-refractivity contribution in [1.82, 2.24) is 5.32 Å². The first kappa shape index (κ1) is 11.2. The average molecular weight is 197 g/mol. The zero-order chi connectivity index (χ0) is 10.4. The Labute approximate surface area is 85.2 Å². The molecule has 0 aromatic rings. The fraction of sp³-hybridized carbons (Fsp3) is 0.727. The average Bonchev–Trinajstić information content (AvgIpc) is 2.12. The van der Waals surface area contributed by atoms with Crippen LogP contribution < -0.4 is 5.32 Å². The summed E-state index contributed by atoms with van der Waals surface area (Å²) in [5.41, 5.74) is 0. The highest BCUT2D eigenvalue weighted by molar-refractivity contribution is 5.79. The van der Waals surface area contributed by atoms with Crippen molar-refractivity contribution >= 4 is 5.97 Å². The van der Waals surface area contributed by atoms with E-state index in [4.69, 9.17) is 5.11 Å². The molecule has 1 rings (SSSR count). The summed E-state index contributed by atoms with van der Waals surface area (Å²) in [6.45, 7) is 2.95. The van der Waals surface area contributed by atoms with Gasteiger partial charge in [-0.1, -0.05) is 25.8 Å². The third-order valence-electron chi connectivity index (χ3n) is 2.72. The van der Waals surface area contributed by atoms with Gasteiger partial charge in [0.05, 0.1) is 0 Å². The zero-order valence-corrected chi connectivity index (χ0v) is 8.70. The molecule has 0 spiro atoms. The first-order valence-electron chi connectivity index (χ1n) is 5.31. The second-order valence-corrected chi connectivity index (χ2v) is 4.12. The van der Waals surface area contributed by atoms with Crippen molar-refractivity contribution in [1.29, 1.82) is 0 Å². The van der Waals surface area contributed by atoms with E-state index in [-0.39, 0.29) is 0 Å². The van der Waals surface area contributed by atoms with Crippen LogP contribution in [0.3, 0.4) is 0 Å². The molecule has 0 heterocycles. The topological polar surface area (TPSA) is 49.3 Å². The SMILES string of the molecule is CC1CCCC(NC/C=C/C(=O)O)C1. The lowest BCUT2D eigenvalue weighted by Crippen LogP contribution is -2.33. The van der Waals surface area contributed by atoms with Crippen molar-refractivity contribution in [3.63, 3.8) is 0 Å². The molecule has 80 valence electrons. The van der Waals surface area contributed by atoms with Gasteiger partial charge < -0.3 is 10.4 Å². The maximum Gasteiger partial charge on any atom is 0.328 e. The van der Waals surface area contributed by atoms with E-state index in [2.05, 4.69) is 12.2 Å². The van der Waals surface area contributed by atoms with Gasteiger partial charge in [0.25, 0.3) is 0 Å². The van der Waals surface area contributed by atoms with Crippen LogP contribution in [0.15, 0.2) is 12.2 Å². The molecule has 0 radical (unpaired) electrons. The van der Waals surface area contributed by atoms with E-state index >= 15 is 0 Å². The summed E-state index contributed by atoms with van der Waals surface area (Å²) in [4.78, 5) is 10.2.